The number of aliphatic carboxylic acids is 2. The van der Waals surface area contributed by atoms with E-state index in [1.165, 1.54) is 0 Å². The molecule has 0 aliphatic heterocycles. The first-order chi connectivity index (χ1) is 9.33. The van der Waals surface area contributed by atoms with Crippen LogP contribution >= 0.6 is 0 Å². The smallest absolute Gasteiger partial charge is 0.305 e. The second-order valence-electron chi connectivity index (χ2n) is 4.79. The second-order valence-corrected chi connectivity index (χ2v) is 4.79. The van der Waals surface area contributed by atoms with Crippen molar-refractivity contribution >= 4 is 11.9 Å². The van der Waals surface area contributed by atoms with Crippen LogP contribution in [0.3, 0.4) is 0 Å². The summed E-state index contributed by atoms with van der Waals surface area (Å²) in [4.78, 5) is 20.0. The number of aliphatic hydroxyl groups is 2. The van der Waals surface area contributed by atoms with Gasteiger partial charge in [-0.3, -0.25) is 9.59 Å². The van der Waals surface area contributed by atoms with Gasteiger partial charge in [0.05, 0.1) is 25.0 Å². The molecular formula is C14H28O6. The minimum absolute atomic E-state index is 0.121. The van der Waals surface area contributed by atoms with Crippen molar-refractivity contribution in [1.29, 1.82) is 0 Å². The van der Waals surface area contributed by atoms with E-state index in [4.69, 9.17) is 20.4 Å². The van der Waals surface area contributed by atoms with E-state index in [-0.39, 0.29) is 12.8 Å². The van der Waals surface area contributed by atoms with Crippen LogP contribution in [0.4, 0.5) is 0 Å². The number of carboxylic acids is 2. The summed E-state index contributed by atoms with van der Waals surface area (Å²) in [5.74, 6) is -1.86. The summed E-state index contributed by atoms with van der Waals surface area (Å²) in [6, 6.07) is 0. The first-order valence-corrected chi connectivity index (χ1v) is 7.13. The predicted octanol–water partition coefficient (Wildman–Crippen LogP) is 2.02. The van der Waals surface area contributed by atoms with Crippen molar-refractivity contribution in [3.8, 4) is 0 Å². The molecule has 0 saturated carbocycles. The molecule has 20 heavy (non-hydrogen) atoms. The van der Waals surface area contributed by atoms with Gasteiger partial charge in [0.1, 0.15) is 0 Å². The quantitative estimate of drug-likeness (QED) is 0.458. The Balaban J connectivity index is 0. The largest absolute Gasteiger partial charge is 0.481 e. The molecule has 6 heteroatoms. The van der Waals surface area contributed by atoms with Crippen molar-refractivity contribution in [3.05, 3.63) is 0 Å². The lowest BCUT2D eigenvalue weighted by atomic mass is 10.1. The second kappa shape index (κ2) is 14.3. The van der Waals surface area contributed by atoms with Crippen molar-refractivity contribution in [2.45, 2.75) is 77.4 Å². The molecule has 0 saturated heterocycles. The summed E-state index contributed by atoms with van der Waals surface area (Å²) in [6.45, 7) is 3.98. The maximum absolute atomic E-state index is 10.1. The van der Waals surface area contributed by atoms with Crippen LogP contribution in [0.25, 0.3) is 0 Å². The molecule has 0 aromatic rings. The van der Waals surface area contributed by atoms with Crippen molar-refractivity contribution < 1.29 is 30.0 Å². The van der Waals surface area contributed by atoms with Crippen LogP contribution in [-0.2, 0) is 9.59 Å². The van der Waals surface area contributed by atoms with Crippen LogP contribution in [0.2, 0.25) is 0 Å². The van der Waals surface area contributed by atoms with E-state index in [0.29, 0.717) is 12.8 Å². The fourth-order valence-electron chi connectivity index (χ4n) is 1.57. The molecule has 0 radical (unpaired) electrons. The zero-order valence-electron chi connectivity index (χ0n) is 12.4. The van der Waals surface area contributed by atoms with Gasteiger partial charge in [0.2, 0.25) is 0 Å². The number of aliphatic hydroxyl groups excluding tert-OH is 2. The Morgan fingerprint density at radius 3 is 1.60 bits per heavy atom. The van der Waals surface area contributed by atoms with Crippen LogP contribution in [-0.4, -0.2) is 44.6 Å². The third-order valence-electron chi connectivity index (χ3n) is 2.58. The summed E-state index contributed by atoms with van der Waals surface area (Å²) >= 11 is 0. The third kappa shape index (κ3) is 19.2. The van der Waals surface area contributed by atoms with Crippen molar-refractivity contribution in [3.63, 3.8) is 0 Å². The Bertz CT molecular complexity index is 254. The van der Waals surface area contributed by atoms with Crippen LogP contribution in [0.15, 0.2) is 0 Å². The monoisotopic (exact) mass is 292 g/mol. The number of rotatable bonds is 10. The summed E-state index contributed by atoms with van der Waals surface area (Å²) in [7, 11) is 0. The van der Waals surface area contributed by atoms with Crippen LogP contribution in [0, 0.1) is 0 Å². The summed E-state index contributed by atoms with van der Waals surface area (Å²) < 4.78 is 0. The fraction of sp³-hybridized carbons (Fsp3) is 0.857. The van der Waals surface area contributed by atoms with Gasteiger partial charge < -0.3 is 20.4 Å². The summed E-state index contributed by atoms with van der Waals surface area (Å²) in [5.41, 5.74) is 0. The lowest BCUT2D eigenvalue weighted by molar-refractivity contribution is -0.140. The summed E-state index contributed by atoms with van der Waals surface area (Å²) in [6.07, 6.45) is 3.53. The minimum atomic E-state index is -0.934. The third-order valence-corrected chi connectivity index (χ3v) is 2.58. The normalized spacial score (nSPS) is 13.0. The van der Waals surface area contributed by atoms with E-state index in [1.54, 1.807) is 0 Å². The lowest BCUT2D eigenvalue weighted by Crippen LogP contribution is -2.12. The lowest BCUT2D eigenvalue weighted by Gasteiger charge is -2.05. The van der Waals surface area contributed by atoms with Crippen LogP contribution in [0.1, 0.15) is 65.2 Å². The van der Waals surface area contributed by atoms with Gasteiger partial charge in [0.25, 0.3) is 0 Å². The highest BCUT2D eigenvalue weighted by Gasteiger charge is 2.08. The molecule has 2 unspecified atom stereocenters. The number of unbranched alkanes of at least 4 members (excludes halogenated alkanes) is 2. The van der Waals surface area contributed by atoms with Gasteiger partial charge in [-0.2, -0.15) is 0 Å². The maximum atomic E-state index is 10.1. The molecular weight excluding hydrogens is 264 g/mol. The number of carboxylic acid groups (broad SMARTS) is 2. The number of hydrogen-bond acceptors (Lipinski definition) is 4. The van der Waals surface area contributed by atoms with E-state index < -0.39 is 24.1 Å². The molecule has 6 nitrogen and oxygen atoms in total. The zero-order chi connectivity index (χ0) is 16.0. The fourth-order valence-corrected chi connectivity index (χ4v) is 1.57. The molecule has 0 aromatic heterocycles. The molecule has 0 bridgehead atoms. The zero-order valence-corrected chi connectivity index (χ0v) is 12.4. The average Bonchev–Trinajstić information content (AvgIpc) is 2.28. The molecule has 0 heterocycles. The highest BCUT2D eigenvalue weighted by molar-refractivity contribution is 5.67. The Labute approximate surface area is 120 Å². The highest BCUT2D eigenvalue weighted by atomic mass is 16.4. The predicted molar refractivity (Wildman–Crippen MR) is 75.6 cm³/mol. The van der Waals surface area contributed by atoms with E-state index in [2.05, 4.69) is 6.92 Å². The van der Waals surface area contributed by atoms with Gasteiger partial charge >= 0.3 is 11.9 Å². The van der Waals surface area contributed by atoms with Crippen LogP contribution < -0.4 is 0 Å². The maximum Gasteiger partial charge on any atom is 0.305 e. The van der Waals surface area contributed by atoms with Gasteiger partial charge in [-0.15, -0.1) is 0 Å². The molecule has 0 fully saturated rings. The topological polar surface area (TPSA) is 115 Å². The molecule has 0 amide bonds. The highest BCUT2D eigenvalue weighted by Crippen LogP contribution is 2.05. The number of carbonyl (C=O) groups is 2. The van der Waals surface area contributed by atoms with Crippen molar-refractivity contribution in [2.24, 2.45) is 0 Å². The van der Waals surface area contributed by atoms with E-state index in [9.17, 15) is 9.59 Å². The molecule has 4 N–H and O–H groups in total. The van der Waals surface area contributed by atoms with Gasteiger partial charge in [-0.25, -0.2) is 0 Å². The minimum Gasteiger partial charge on any atom is -0.481 e. The first kappa shape index (κ1) is 21.2. The molecule has 0 aromatic carbocycles. The number of hydrogen-bond donors (Lipinski definition) is 4. The molecule has 120 valence electrons. The Morgan fingerprint density at radius 2 is 1.25 bits per heavy atom. The van der Waals surface area contributed by atoms with Gasteiger partial charge in [0, 0.05) is 0 Å². The molecule has 2 atom stereocenters. The van der Waals surface area contributed by atoms with Gasteiger partial charge in [-0.1, -0.05) is 39.5 Å². The Kier molecular flexibility index (Phi) is 15.1. The van der Waals surface area contributed by atoms with Gasteiger partial charge in [-0.05, 0) is 12.8 Å². The van der Waals surface area contributed by atoms with Crippen molar-refractivity contribution in [2.75, 3.05) is 0 Å². The SMILES string of the molecule is CCCC(O)CC(=O)O.CCCCCC(O)CC(=O)O. The standard InChI is InChI=1S/C8H16O3.C6H12O3/c1-2-3-4-5-7(9)6-8(10)11;1-2-3-5(7)4-6(8)9/h7,9H,2-6H2,1H3,(H,10,11);5,7H,2-4H2,1H3,(H,8,9). The van der Waals surface area contributed by atoms with E-state index in [0.717, 1.165) is 25.7 Å². The van der Waals surface area contributed by atoms with Gasteiger partial charge in [0.15, 0.2) is 0 Å². The average molecular weight is 292 g/mol. The van der Waals surface area contributed by atoms with E-state index >= 15 is 0 Å². The first-order valence-electron chi connectivity index (χ1n) is 7.13. The molecule has 0 rings (SSSR count). The molecule has 0 spiro atoms. The Morgan fingerprint density at radius 1 is 0.800 bits per heavy atom. The van der Waals surface area contributed by atoms with Crippen molar-refractivity contribution in [1.82, 2.24) is 0 Å². The van der Waals surface area contributed by atoms with Crippen LogP contribution in [0.5, 0.6) is 0 Å². The molecule has 0 aliphatic carbocycles. The van der Waals surface area contributed by atoms with E-state index in [1.807, 2.05) is 6.92 Å². The summed E-state index contributed by atoms with van der Waals surface area (Å²) in [5, 5.41) is 34.3. The Hall–Kier alpha value is -1.14. The molecule has 0 aliphatic rings.